The molecule has 0 fully saturated rings. The van der Waals surface area contributed by atoms with Gasteiger partial charge >= 0.3 is 0 Å². The maximum Gasteiger partial charge on any atom is 0.291 e. The van der Waals surface area contributed by atoms with Crippen molar-refractivity contribution in [2.75, 3.05) is 0 Å². The molecule has 4 aromatic carbocycles. The van der Waals surface area contributed by atoms with Gasteiger partial charge in [0.1, 0.15) is 5.69 Å². The molecule has 37 heavy (non-hydrogen) atoms. The quantitative estimate of drug-likeness (QED) is 0.328. The van der Waals surface area contributed by atoms with E-state index in [0.29, 0.717) is 15.3 Å². The number of benzene rings is 4. The van der Waals surface area contributed by atoms with Crippen LogP contribution in [-0.2, 0) is 0 Å². The zero-order valence-electron chi connectivity index (χ0n) is 19.5. The van der Waals surface area contributed by atoms with E-state index in [1.54, 1.807) is 0 Å². The molecule has 0 unspecified atom stereocenters. The van der Waals surface area contributed by atoms with Crippen molar-refractivity contribution in [1.29, 1.82) is 0 Å². The Kier molecular flexibility index (Phi) is 5.01. The molecule has 7 rings (SSSR count). The lowest BCUT2D eigenvalue weighted by molar-refractivity contribution is 0.884. The lowest BCUT2D eigenvalue weighted by Gasteiger charge is -2.03. The maximum absolute atomic E-state index is 13.3. The van der Waals surface area contributed by atoms with Gasteiger partial charge in [-0.3, -0.25) is 4.79 Å². The Morgan fingerprint density at radius 1 is 0.730 bits per heavy atom. The van der Waals surface area contributed by atoms with Gasteiger partial charge in [0.15, 0.2) is 5.82 Å². The molecule has 0 amide bonds. The average molecular weight is 498 g/mol. The van der Waals surface area contributed by atoms with Gasteiger partial charge in [-0.1, -0.05) is 96.3 Å². The van der Waals surface area contributed by atoms with E-state index in [9.17, 15) is 4.79 Å². The van der Waals surface area contributed by atoms with E-state index < -0.39 is 0 Å². The third kappa shape index (κ3) is 3.82. The van der Waals surface area contributed by atoms with Crippen LogP contribution >= 0.6 is 11.3 Å². The van der Waals surface area contributed by atoms with Crippen LogP contribution in [0.2, 0.25) is 0 Å². The van der Waals surface area contributed by atoms with Gasteiger partial charge in [0.25, 0.3) is 5.56 Å². The first kappa shape index (κ1) is 21.4. The van der Waals surface area contributed by atoms with Crippen molar-refractivity contribution in [2.45, 2.75) is 0 Å². The van der Waals surface area contributed by atoms with E-state index in [4.69, 9.17) is 5.10 Å². The highest BCUT2D eigenvalue weighted by Gasteiger charge is 2.15. The largest absolute Gasteiger partial charge is 0.291 e. The molecule has 0 spiro atoms. The van der Waals surface area contributed by atoms with Gasteiger partial charge in [-0.25, -0.2) is 4.68 Å². The Morgan fingerprint density at radius 2 is 1.46 bits per heavy atom. The Hall–Kier alpha value is -4.88. The Bertz CT molecular complexity index is 2010. The van der Waals surface area contributed by atoms with Crippen molar-refractivity contribution in [2.24, 2.45) is 0 Å². The molecule has 0 saturated heterocycles. The summed E-state index contributed by atoms with van der Waals surface area (Å²) in [6.07, 6.45) is 3.85. The summed E-state index contributed by atoms with van der Waals surface area (Å²) in [5, 5.41) is 11.7. The van der Waals surface area contributed by atoms with Crippen molar-refractivity contribution in [3.05, 3.63) is 130 Å². The second-order valence-corrected chi connectivity index (χ2v) is 9.70. The van der Waals surface area contributed by atoms with Crippen LogP contribution in [0, 0.1) is 0 Å². The van der Waals surface area contributed by atoms with Gasteiger partial charge in [-0.05, 0) is 35.0 Å². The van der Waals surface area contributed by atoms with Gasteiger partial charge in [0.05, 0.1) is 10.2 Å². The van der Waals surface area contributed by atoms with Crippen LogP contribution in [0.15, 0.2) is 114 Å². The van der Waals surface area contributed by atoms with Crippen molar-refractivity contribution < 1.29 is 0 Å². The van der Waals surface area contributed by atoms with Gasteiger partial charge in [-0.15, -0.1) is 5.10 Å². The number of hydrogen-bond acceptors (Lipinski definition) is 5. The molecular formula is C30H19N5OS. The van der Waals surface area contributed by atoms with Crippen LogP contribution in [0.1, 0.15) is 5.56 Å². The summed E-state index contributed by atoms with van der Waals surface area (Å²) in [5.41, 5.74) is 4.28. The van der Waals surface area contributed by atoms with Crippen LogP contribution in [0.5, 0.6) is 0 Å². The molecule has 0 aliphatic rings. The summed E-state index contributed by atoms with van der Waals surface area (Å²) in [6.45, 7) is 0. The Labute approximate surface area is 215 Å². The number of rotatable bonds is 4. The van der Waals surface area contributed by atoms with E-state index in [2.05, 4.69) is 40.4 Å². The zero-order valence-corrected chi connectivity index (χ0v) is 20.3. The highest BCUT2D eigenvalue weighted by Crippen LogP contribution is 2.28. The predicted octanol–water partition coefficient (Wildman–Crippen LogP) is 5.37. The van der Waals surface area contributed by atoms with Crippen LogP contribution in [0.4, 0.5) is 0 Å². The summed E-state index contributed by atoms with van der Waals surface area (Å²) in [4.78, 5) is 18.5. The summed E-state index contributed by atoms with van der Waals surface area (Å²) in [5.74, 6) is 0.546. The molecule has 3 heterocycles. The van der Waals surface area contributed by atoms with E-state index in [1.165, 1.54) is 21.2 Å². The zero-order chi connectivity index (χ0) is 24.8. The molecule has 176 valence electrons. The molecule has 0 bridgehead atoms. The monoisotopic (exact) mass is 497 g/mol. The van der Waals surface area contributed by atoms with Crippen LogP contribution in [-0.4, -0.2) is 24.4 Å². The fraction of sp³-hybridized carbons (Fsp3) is 0. The van der Waals surface area contributed by atoms with Crippen molar-refractivity contribution in [3.8, 4) is 28.3 Å². The summed E-state index contributed by atoms with van der Waals surface area (Å²) in [7, 11) is 0. The smallest absolute Gasteiger partial charge is 0.266 e. The summed E-state index contributed by atoms with van der Waals surface area (Å²) in [6, 6.07) is 34.2. The Balaban J connectivity index is 1.39. The molecule has 0 aliphatic heterocycles. The lowest BCUT2D eigenvalue weighted by atomic mass is 10.0. The number of nitrogens with zero attached hydrogens (tertiary/aromatic N) is 5. The first-order valence-corrected chi connectivity index (χ1v) is 12.7. The maximum atomic E-state index is 13.3. The highest BCUT2D eigenvalue weighted by atomic mass is 32.1. The highest BCUT2D eigenvalue weighted by molar-refractivity contribution is 7.15. The minimum absolute atomic E-state index is 0.188. The summed E-state index contributed by atoms with van der Waals surface area (Å²) < 4.78 is 3.80. The standard InChI is InChI=1S/C30H19N5OS/c36-29-26(37-30-31-28(33-35(29)30)21-10-3-1-4-11-21)18-24-19-34(25-13-5-2-6-14-25)32-27(24)23-16-15-20-9-7-8-12-22(20)17-23/h1-19H/b26-18-. The molecular weight excluding hydrogens is 478 g/mol. The number of para-hydroxylation sites is 1. The second kappa shape index (κ2) is 8.65. The fourth-order valence-electron chi connectivity index (χ4n) is 4.45. The molecule has 6 nitrogen and oxygen atoms in total. The van der Waals surface area contributed by atoms with Crippen LogP contribution in [0.25, 0.3) is 50.1 Å². The van der Waals surface area contributed by atoms with Crippen molar-refractivity contribution in [3.63, 3.8) is 0 Å². The molecule has 0 aliphatic carbocycles. The van der Waals surface area contributed by atoms with E-state index >= 15 is 0 Å². The van der Waals surface area contributed by atoms with Gasteiger partial charge < -0.3 is 0 Å². The minimum Gasteiger partial charge on any atom is -0.266 e. The molecule has 7 aromatic rings. The number of thiazole rings is 1. The minimum atomic E-state index is -0.188. The number of aromatic nitrogens is 5. The predicted molar refractivity (Wildman–Crippen MR) is 148 cm³/mol. The van der Waals surface area contributed by atoms with Crippen LogP contribution in [0.3, 0.4) is 0 Å². The molecule has 0 saturated carbocycles. The summed E-state index contributed by atoms with van der Waals surface area (Å²) >= 11 is 1.33. The second-order valence-electron chi connectivity index (χ2n) is 8.69. The third-order valence-electron chi connectivity index (χ3n) is 6.29. The first-order valence-electron chi connectivity index (χ1n) is 11.8. The van der Waals surface area contributed by atoms with E-state index in [-0.39, 0.29) is 5.56 Å². The first-order chi connectivity index (χ1) is 18.2. The molecule has 3 aromatic heterocycles. The van der Waals surface area contributed by atoms with Gasteiger partial charge in [-0.2, -0.15) is 14.6 Å². The fourth-order valence-corrected chi connectivity index (χ4v) is 5.35. The van der Waals surface area contributed by atoms with Gasteiger partial charge in [0, 0.05) is 22.9 Å². The van der Waals surface area contributed by atoms with Crippen LogP contribution < -0.4 is 10.1 Å². The van der Waals surface area contributed by atoms with Gasteiger partial charge in [0.2, 0.25) is 4.96 Å². The topological polar surface area (TPSA) is 65.1 Å². The third-order valence-corrected chi connectivity index (χ3v) is 7.25. The van der Waals surface area contributed by atoms with E-state index in [0.717, 1.165) is 33.5 Å². The van der Waals surface area contributed by atoms with E-state index in [1.807, 2.05) is 89.8 Å². The SMILES string of the molecule is O=c1/c(=C/c2cn(-c3ccccc3)nc2-c2ccc3ccccc3c2)sc2nc(-c3ccccc3)nn12. The lowest BCUT2D eigenvalue weighted by Crippen LogP contribution is -2.23. The average Bonchev–Trinajstić information content (AvgIpc) is 3.64. The molecule has 0 atom stereocenters. The molecule has 7 heteroatoms. The normalized spacial score (nSPS) is 12.1. The number of hydrogen-bond donors (Lipinski definition) is 0. The molecule has 0 N–H and O–H groups in total. The van der Waals surface area contributed by atoms with Crippen molar-refractivity contribution in [1.82, 2.24) is 24.4 Å². The van der Waals surface area contributed by atoms with Crippen molar-refractivity contribution >= 4 is 33.1 Å². The molecule has 0 radical (unpaired) electrons. The number of fused-ring (bicyclic) bond motifs is 2. The Morgan fingerprint density at radius 3 is 2.24 bits per heavy atom.